The summed E-state index contributed by atoms with van der Waals surface area (Å²) in [5, 5.41) is 0. The molecule has 0 saturated carbocycles. The van der Waals surface area contributed by atoms with Gasteiger partial charge in [0.1, 0.15) is 11.6 Å². The zero-order valence-electron chi connectivity index (χ0n) is 10.2. The van der Waals surface area contributed by atoms with Crippen LogP contribution in [0, 0.1) is 12.7 Å². The maximum absolute atomic E-state index is 13.3. The largest absolute Gasteiger partial charge is 0.496 e. The SMILES string of the molecule is COc1ccc(-c2cc(F)ccc2C=O)cc1C. The number of methoxy groups -OCH3 is 1. The van der Waals surface area contributed by atoms with E-state index in [-0.39, 0.29) is 5.82 Å². The van der Waals surface area contributed by atoms with Crippen LogP contribution >= 0.6 is 0 Å². The van der Waals surface area contributed by atoms with Crippen LogP contribution in [0.3, 0.4) is 0 Å². The Bertz CT molecular complexity index is 591. The number of carbonyl (C=O) groups is 1. The van der Waals surface area contributed by atoms with Crippen molar-refractivity contribution >= 4 is 6.29 Å². The van der Waals surface area contributed by atoms with Crippen LogP contribution in [-0.2, 0) is 0 Å². The van der Waals surface area contributed by atoms with Gasteiger partial charge in [0, 0.05) is 5.56 Å². The smallest absolute Gasteiger partial charge is 0.150 e. The molecule has 3 heteroatoms. The van der Waals surface area contributed by atoms with Crippen molar-refractivity contribution in [2.75, 3.05) is 7.11 Å². The van der Waals surface area contributed by atoms with E-state index >= 15 is 0 Å². The number of halogens is 1. The van der Waals surface area contributed by atoms with Gasteiger partial charge in [-0.2, -0.15) is 0 Å². The van der Waals surface area contributed by atoms with Gasteiger partial charge >= 0.3 is 0 Å². The highest BCUT2D eigenvalue weighted by Gasteiger charge is 2.08. The summed E-state index contributed by atoms with van der Waals surface area (Å²) in [5.41, 5.74) is 2.81. The summed E-state index contributed by atoms with van der Waals surface area (Å²) in [5.74, 6) is 0.409. The first kappa shape index (κ1) is 12.3. The van der Waals surface area contributed by atoms with Crippen LogP contribution in [0.25, 0.3) is 11.1 Å². The second-order valence-corrected chi connectivity index (χ2v) is 4.03. The third-order valence-corrected chi connectivity index (χ3v) is 2.85. The second kappa shape index (κ2) is 5.00. The number of rotatable bonds is 3. The molecule has 2 aromatic rings. The average molecular weight is 244 g/mol. The van der Waals surface area contributed by atoms with Crippen LogP contribution in [0.5, 0.6) is 5.75 Å². The van der Waals surface area contributed by atoms with E-state index in [1.54, 1.807) is 7.11 Å². The summed E-state index contributed by atoms with van der Waals surface area (Å²) in [6, 6.07) is 9.63. The van der Waals surface area contributed by atoms with E-state index in [9.17, 15) is 9.18 Å². The number of ether oxygens (including phenoxy) is 1. The zero-order valence-corrected chi connectivity index (χ0v) is 10.2. The van der Waals surface area contributed by atoms with Crippen molar-refractivity contribution in [1.82, 2.24) is 0 Å². The molecule has 0 amide bonds. The molecule has 0 spiro atoms. The van der Waals surface area contributed by atoms with Crippen molar-refractivity contribution in [1.29, 1.82) is 0 Å². The van der Waals surface area contributed by atoms with Crippen LogP contribution in [-0.4, -0.2) is 13.4 Å². The van der Waals surface area contributed by atoms with Gasteiger partial charge in [-0.15, -0.1) is 0 Å². The van der Waals surface area contributed by atoms with E-state index in [4.69, 9.17) is 4.74 Å². The number of aryl methyl sites for hydroxylation is 1. The number of benzene rings is 2. The Kier molecular flexibility index (Phi) is 3.42. The molecule has 92 valence electrons. The van der Waals surface area contributed by atoms with Gasteiger partial charge in [-0.1, -0.05) is 6.07 Å². The summed E-state index contributed by atoms with van der Waals surface area (Å²) < 4.78 is 18.4. The fourth-order valence-electron chi connectivity index (χ4n) is 1.93. The molecule has 0 aliphatic heterocycles. The minimum absolute atomic E-state index is 0.357. The summed E-state index contributed by atoms with van der Waals surface area (Å²) in [7, 11) is 1.60. The van der Waals surface area contributed by atoms with Gasteiger partial charge in [-0.3, -0.25) is 4.79 Å². The molecule has 0 aromatic heterocycles. The second-order valence-electron chi connectivity index (χ2n) is 4.03. The Morgan fingerprint density at radius 3 is 2.56 bits per heavy atom. The molecule has 0 aliphatic rings. The predicted molar refractivity (Wildman–Crippen MR) is 68.5 cm³/mol. The molecule has 0 radical (unpaired) electrons. The molecule has 2 nitrogen and oxygen atoms in total. The van der Waals surface area contributed by atoms with E-state index in [2.05, 4.69) is 0 Å². The molecular weight excluding hydrogens is 231 g/mol. The third-order valence-electron chi connectivity index (χ3n) is 2.85. The Labute approximate surface area is 105 Å². The summed E-state index contributed by atoms with van der Waals surface area (Å²) in [6.45, 7) is 1.90. The van der Waals surface area contributed by atoms with Crippen LogP contribution in [0.4, 0.5) is 4.39 Å². The van der Waals surface area contributed by atoms with Crippen LogP contribution in [0.2, 0.25) is 0 Å². The number of carbonyl (C=O) groups excluding carboxylic acids is 1. The van der Waals surface area contributed by atoms with E-state index in [1.165, 1.54) is 18.2 Å². The maximum Gasteiger partial charge on any atom is 0.150 e. The standard InChI is InChI=1S/C15H13FO2/c1-10-7-11(4-6-15(10)18-2)14-8-13(16)5-3-12(14)9-17/h3-9H,1-2H3. The molecule has 0 fully saturated rings. The van der Waals surface area contributed by atoms with Crippen molar-refractivity contribution in [2.45, 2.75) is 6.92 Å². The lowest BCUT2D eigenvalue weighted by Crippen LogP contribution is -1.92. The van der Waals surface area contributed by atoms with E-state index < -0.39 is 0 Å². The minimum Gasteiger partial charge on any atom is -0.496 e. The maximum atomic E-state index is 13.3. The van der Waals surface area contributed by atoms with Crippen molar-refractivity contribution in [3.05, 3.63) is 53.3 Å². The lowest BCUT2D eigenvalue weighted by atomic mass is 9.98. The topological polar surface area (TPSA) is 26.3 Å². The van der Waals surface area contributed by atoms with Gasteiger partial charge in [0.05, 0.1) is 7.11 Å². The highest BCUT2D eigenvalue weighted by molar-refractivity contribution is 5.87. The molecule has 18 heavy (non-hydrogen) atoms. The van der Waals surface area contributed by atoms with Crippen molar-refractivity contribution in [3.63, 3.8) is 0 Å². The Balaban J connectivity index is 2.57. The number of hydrogen-bond donors (Lipinski definition) is 0. The summed E-state index contributed by atoms with van der Waals surface area (Å²) in [6.07, 6.45) is 0.730. The first-order chi connectivity index (χ1) is 8.65. The van der Waals surface area contributed by atoms with Crippen LogP contribution in [0.1, 0.15) is 15.9 Å². The van der Waals surface area contributed by atoms with Crippen LogP contribution < -0.4 is 4.74 Å². The first-order valence-electron chi connectivity index (χ1n) is 5.55. The summed E-state index contributed by atoms with van der Waals surface area (Å²) in [4.78, 5) is 11.0. The third kappa shape index (κ3) is 2.25. The van der Waals surface area contributed by atoms with Crippen molar-refractivity contribution in [3.8, 4) is 16.9 Å². The van der Waals surface area contributed by atoms with Crippen molar-refractivity contribution < 1.29 is 13.9 Å². The van der Waals surface area contributed by atoms with Gasteiger partial charge in [-0.05, 0) is 53.9 Å². The molecule has 0 atom stereocenters. The zero-order chi connectivity index (χ0) is 13.1. The van der Waals surface area contributed by atoms with E-state index in [0.29, 0.717) is 11.1 Å². The van der Waals surface area contributed by atoms with Gasteiger partial charge in [0.25, 0.3) is 0 Å². The predicted octanol–water partition coefficient (Wildman–Crippen LogP) is 3.62. The first-order valence-corrected chi connectivity index (χ1v) is 5.55. The molecular formula is C15H13FO2. The number of hydrogen-bond acceptors (Lipinski definition) is 2. The fourth-order valence-corrected chi connectivity index (χ4v) is 1.93. The quantitative estimate of drug-likeness (QED) is 0.771. The highest BCUT2D eigenvalue weighted by Crippen LogP contribution is 2.28. The molecule has 2 aromatic carbocycles. The van der Waals surface area contributed by atoms with Gasteiger partial charge in [0.2, 0.25) is 0 Å². The van der Waals surface area contributed by atoms with Crippen molar-refractivity contribution in [2.24, 2.45) is 0 Å². The minimum atomic E-state index is -0.357. The molecule has 0 saturated heterocycles. The van der Waals surface area contributed by atoms with Crippen LogP contribution in [0.15, 0.2) is 36.4 Å². The highest BCUT2D eigenvalue weighted by atomic mass is 19.1. The molecule has 0 heterocycles. The van der Waals surface area contributed by atoms with Gasteiger partial charge in [-0.25, -0.2) is 4.39 Å². The molecule has 0 aliphatic carbocycles. The fraction of sp³-hybridized carbons (Fsp3) is 0.133. The van der Waals surface area contributed by atoms with Gasteiger partial charge in [0.15, 0.2) is 6.29 Å². The Hall–Kier alpha value is -2.16. The Morgan fingerprint density at radius 1 is 1.17 bits per heavy atom. The molecule has 0 unspecified atom stereocenters. The average Bonchev–Trinajstić information content (AvgIpc) is 2.38. The number of aldehydes is 1. The monoisotopic (exact) mass is 244 g/mol. The Morgan fingerprint density at radius 2 is 1.94 bits per heavy atom. The molecule has 0 N–H and O–H groups in total. The van der Waals surface area contributed by atoms with Gasteiger partial charge < -0.3 is 4.74 Å². The summed E-state index contributed by atoms with van der Waals surface area (Å²) >= 11 is 0. The normalized spacial score (nSPS) is 10.2. The molecule has 0 bridgehead atoms. The van der Waals surface area contributed by atoms with E-state index in [0.717, 1.165) is 23.2 Å². The molecule has 2 rings (SSSR count). The van der Waals surface area contributed by atoms with E-state index in [1.807, 2.05) is 25.1 Å². The lowest BCUT2D eigenvalue weighted by Gasteiger charge is -2.09. The lowest BCUT2D eigenvalue weighted by molar-refractivity contribution is 0.112.